The van der Waals surface area contributed by atoms with Gasteiger partial charge >= 0.3 is 7.12 Å². The van der Waals surface area contributed by atoms with Gasteiger partial charge in [-0.1, -0.05) is 0 Å². The highest BCUT2D eigenvalue weighted by Gasteiger charge is 2.14. The van der Waals surface area contributed by atoms with Crippen molar-refractivity contribution in [2.45, 2.75) is 6.43 Å². The first-order chi connectivity index (χ1) is 6.99. The molecule has 0 fully saturated rings. The fourth-order valence-corrected chi connectivity index (χ4v) is 0.976. The summed E-state index contributed by atoms with van der Waals surface area (Å²) in [6.45, 7) is -0.871. The lowest BCUT2D eigenvalue weighted by Crippen LogP contribution is -2.30. The summed E-state index contributed by atoms with van der Waals surface area (Å²) in [7, 11) is -1.87. The Kier molecular flexibility index (Phi) is 3.99. The number of hydrogen-bond donors (Lipinski definition) is 2. The zero-order chi connectivity index (χ0) is 11.4. The van der Waals surface area contributed by atoms with Crippen molar-refractivity contribution in [3.05, 3.63) is 24.0 Å². The summed E-state index contributed by atoms with van der Waals surface area (Å²) in [5, 5.41) is 17.5. The summed E-state index contributed by atoms with van der Waals surface area (Å²) in [6.07, 6.45) is -2.67. The van der Waals surface area contributed by atoms with Crippen molar-refractivity contribution in [3.63, 3.8) is 0 Å². The molecule has 82 valence electrons. The number of halogens is 3. The van der Waals surface area contributed by atoms with Crippen LogP contribution in [0.2, 0.25) is 0 Å². The van der Waals surface area contributed by atoms with Gasteiger partial charge in [0.1, 0.15) is 18.2 Å². The number of alkyl halides is 2. The molecule has 2 N–H and O–H groups in total. The van der Waals surface area contributed by atoms with Crippen molar-refractivity contribution in [2.75, 3.05) is 6.61 Å². The van der Waals surface area contributed by atoms with Crippen LogP contribution in [0.5, 0.6) is 5.75 Å². The smallest absolute Gasteiger partial charge is 0.488 e. The molecule has 0 aromatic heterocycles. The van der Waals surface area contributed by atoms with Gasteiger partial charge in [-0.05, 0) is 17.6 Å². The molecule has 15 heavy (non-hydrogen) atoms. The normalized spacial score (nSPS) is 10.5. The zero-order valence-electron chi connectivity index (χ0n) is 7.53. The Bertz CT molecular complexity index is 333. The minimum absolute atomic E-state index is 0.153. The van der Waals surface area contributed by atoms with E-state index >= 15 is 0 Å². The summed E-state index contributed by atoms with van der Waals surface area (Å²) in [4.78, 5) is 0. The molecule has 0 amide bonds. The van der Waals surface area contributed by atoms with Gasteiger partial charge < -0.3 is 14.8 Å². The summed E-state index contributed by atoms with van der Waals surface area (Å²) in [5.74, 6) is -0.955. The molecule has 0 aliphatic carbocycles. The molecule has 0 saturated carbocycles. The summed E-state index contributed by atoms with van der Waals surface area (Å²) in [5.41, 5.74) is -0.153. The van der Waals surface area contributed by atoms with E-state index in [1.54, 1.807) is 0 Å². The van der Waals surface area contributed by atoms with E-state index in [2.05, 4.69) is 4.74 Å². The Morgan fingerprint density at radius 2 is 1.93 bits per heavy atom. The van der Waals surface area contributed by atoms with E-state index in [4.69, 9.17) is 10.0 Å². The van der Waals surface area contributed by atoms with Crippen LogP contribution < -0.4 is 10.2 Å². The van der Waals surface area contributed by atoms with Crippen LogP contribution in [0, 0.1) is 5.82 Å². The van der Waals surface area contributed by atoms with Gasteiger partial charge in [0.25, 0.3) is 6.43 Å². The lowest BCUT2D eigenvalue weighted by atomic mass is 9.80. The third-order valence-electron chi connectivity index (χ3n) is 1.57. The van der Waals surface area contributed by atoms with Crippen LogP contribution in [0.3, 0.4) is 0 Å². The molecule has 1 aromatic carbocycles. The third kappa shape index (κ3) is 3.81. The average Bonchev–Trinajstić information content (AvgIpc) is 2.13. The molecular formula is C8H8BF3O3. The predicted molar refractivity (Wildman–Crippen MR) is 47.7 cm³/mol. The lowest BCUT2D eigenvalue weighted by Gasteiger charge is -2.07. The van der Waals surface area contributed by atoms with Crippen molar-refractivity contribution in [1.82, 2.24) is 0 Å². The van der Waals surface area contributed by atoms with Crippen molar-refractivity contribution in [2.24, 2.45) is 0 Å². The Morgan fingerprint density at radius 3 is 2.47 bits per heavy atom. The molecule has 0 spiro atoms. The van der Waals surface area contributed by atoms with Gasteiger partial charge in [-0.3, -0.25) is 0 Å². The van der Waals surface area contributed by atoms with E-state index in [9.17, 15) is 13.2 Å². The maximum Gasteiger partial charge on any atom is 0.488 e. The monoisotopic (exact) mass is 220 g/mol. The second-order valence-corrected chi connectivity index (χ2v) is 2.80. The molecule has 0 heterocycles. The largest absolute Gasteiger partial charge is 0.488 e. The highest BCUT2D eigenvalue weighted by atomic mass is 19.3. The molecule has 0 bridgehead atoms. The van der Waals surface area contributed by atoms with E-state index in [0.717, 1.165) is 18.2 Å². The van der Waals surface area contributed by atoms with E-state index in [0.29, 0.717) is 0 Å². The fourth-order valence-electron chi connectivity index (χ4n) is 0.976. The van der Waals surface area contributed by atoms with E-state index in [-0.39, 0.29) is 11.2 Å². The van der Waals surface area contributed by atoms with E-state index in [1.165, 1.54) is 0 Å². The van der Waals surface area contributed by atoms with Gasteiger partial charge in [-0.15, -0.1) is 0 Å². The van der Waals surface area contributed by atoms with Crippen LogP contribution in [0.4, 0.5) is 13.2 Å². The van der Waals surface area contributed by atoms with Crippen LogP contribution in [0.15, 0.2) is 18.2 Å². The molecule has 0 aliphatic heterocycles. The molecule has 3 nitrogen and oxygen atoms in total. The highest BCUT2D eigenvalue weighted by Crippen LogP contribution is 2.12. The van der Waals surface area contributed by atoms with Crippen LogP contribution >= 0.6 is 0 Å². The minimum atomic E-state index is -2.67. The van der Waals surface area contributed by atoms with Gasteiger partial charge in [0, 0.05) is 6.07 Å². The average molecular weight is 220 g/mol. The standard InChI is InChI=1S/C8H8BF3O3/c10-6-1-5(9(13)14)2-7(3-6)15-4-8(11)12/h1-3,8,13-14H,4H2. The predicted octanol–water partition coefficient (Wildman–Crippen LogP) is 0.149. The van der Waals surface area contributed by atoms with E-state index in [1.807, 2.05) is 0 Å². The number of hydrogen-bond acceptors (Lipinski definition) is 3. The maximum atomic E-state index is 12.8. The second kappa shape index (κ2) is 5.04. The topological polar surface area (TPSA) is 49.7 Å². The van der Waals surface area contributed by atoms with Crippen LogP contribution in [0.25, 0.3) is 0 Å². The maximum absolute atomic E-state index is 12.8. The van der Waals surface area contributed by atoms with Gasteiger partial charge in [0.15, 0.2) is 0 Å². The summed E-state index contributed by atoms with van der Waals surface area (Å²) < 4.78 is 40.9. The Labute approximate surface area is 84.3 Å². The number of benzene rings is 1. The van der Waals surface area contributed by atoms with Gasteiger partial charge in [-0.2, -0.15) is 0 Å². The zero-order valence-corrected chi connectivity index (χ0v) is 7.53. The first-order valence-corrected chi connectivity index (χ1v) is 4.06. The first-order valence-electron chi connectivity index (χ1n) is 4.06. The van der Waals surface area contributed by atoms with Gasteiger partial charge in [0.2, 0.25) is 0 Å². The van der Waals surface area contributed by atoms with Crippen LogP contribution in [0.1, 0.15) is 0 Å². The molecule has 1 rings (SSSR count). The Morgan fingerprint density at radius 1 is 1.27 bits per heavy atom. The van der Waals surface area contributed by atoms with Crippen LogP contribution in [-0.2, 0) is 0 Å². The quantitative estimate of drug-likeness (QED) is 0.710. The third-order valence-corrected chi connectivity index (χ3v) is 1.57. The van der Waals surface area contributed by atoms with Crippen LogP contribution in [-0.4, -0.2) is 30.2 Å². The summed E-state index contributed by atoms with van der Waals surface area (Å²) in [6, 6.07) is 2.84. The molecule has 0 radical (unpaired) electrons. The molecule has 1 aromatic rings. The van der Waals surface area contributed by atoms with Crippen molar-refractivity contribution >= 4 is 12.6 Å². The summed E-state index contributed by atoms with van der Waals surface area (Å²) >= 11 is 0. The van der Waals surface area contributed by atoms with Crippen molar-refractivity contribution in [3.8, 4) is 5.75 Å². The number of rotatable bonds is 4. The Hall–Kier alpha value is -1.21. The molecule has 0 aliphatic rings. The van der Waals surface area contributed by atoms with Crippen molar-refractivity contribution in [1.29, 1.82) is 0 Å². The number of ether oxygens (including phenoxy) is 1. The molecular weight excluding hydrogens is 212 g/mol. The molecule has 0 saturated heterocycles. The van der Waals surface area contributed by atoms with Crippen molar-refractivity contribution < 1.29 is 28.0 Å². The molecule has 7 heteroatoms. The highest BCUT2D eigenvalue weighted by molar-refractivity contribution is 6.58. The second-order valence-electron chi connectivity index (χ2n) is 2.80. The van der Waals surface area contributed by atoms with Gasteiger partial charge in [0.05, 0.1) is 0 Å². The minimum Gasteiger partial charge on any atom is -0.488 e. The lowest BCUT2D eigenvalue weighted by molar-refractivity contribution is 0.0818. The molecule has 0 unspecified atom stereocenters. The van der Waals surface area contributed by atoms with Gasteiger partial charge in [-0.25, -0.2) is 13.2 Å². The fraction of sp³-hybridized carbons (Fsp3) is 0.250. The Balaban J connectivity index is 2.79. The van der Waals surface area contributed by atoms with E-state index < -0.39 is 26.0 Å². The first kappa shape index (κ1) is 11.9. The SMILES string of the molecule is OB(O)c1cc(F)cc(OCC(F)F)c1. The molecule has 0 atom stereocenters.